The number of methoxy groups -OCH3 is 3. The van der Waals surface area contributed by atoms with E-state index in [-0.39, 0.29) is 12.6 Å². The van der Waals surface area contributed by atoms with Crippen LogP contribution >= 0.6 is 0 Å². The molecule has 1 aromatic carbocycles. The summed E-state index contributed by atoms with van der Waals surface area (Å²) in [6.45, 7) is 2.60. The highest BCUT2D eigenvalue weighted by atomic mass is 28.4. The number of hydrogen-bond donors (Lipinski definition) is 0. The van der Waals surface area contributed by atoms with Crippen LogP contribution in [0.2, 0.25) is 6.04 Å². The molecule has 0 spiro atoms. The molecule has 0 unspecified atom stereocenters. The summed E-state index contributed by atoms with van der Waals surface area (Å²) < 4.78 is 38.4. The average molecular weight is 417 g/mol. The zero-order chi connectivity index (χ0) is 20.5. The maximum Gasteiger partial charge on any atom is 0.501 e. The van der Waals surface area contributed by atoms with Gasteiger partial charge >= 0.3 is 14.8 Å². The average Bonchev–Trinajstić information content (AvgIpc) is 2.72. The van der Waals surface area contributed by atoms with Gasteiger partial charge in [-0.1, -0.05) is 18.2 Å². The molecule has 1 rings (SSSR count). The largest absolute Gasteiger partial charge is 0.501 e. The number of esters is 1. The normalized spacial score (nSPS) is 11.5. The lowest BCUT2D eigenvalue weighted by molar-refractivity contribution is 0.0126. The van der Waals surface area contributed by atoms with Crippen LogP contribution in [0.25, 0.3) is 0 Å². The molecule has 0 aromatic heterocycles. The fourth-order valence-corrected chi connectivity index (χ4v) is 4.74. The lowest BCUT2D eigenvalue weighted by Gasteiger charge is -2.29. The number of hydrogen-bond acceptors (Lipinski definition) is 8. The van der Waals surface area contributed by atoms with Gasteiger partial charge in [0.25, 0.3) is 0 Å². The zero-order valence-corrected chi connectivity index (χ0v) is 18.0. The molecule has 28 heavy (non-hydrogen) atoms. The maximum atomic E-state index is 12.0. The standard InChI is InChI=1S/C19H32O8Si/c1-21-11-14-25-28(26-15-12-22-2,27-16-13-23-3)17-7-10-24-19(20)18-8-5-4-6-9-18/h4-6,8-9H,7,10-17H2,1-3H3. The monoisotopic (exact) mass is 416 g/mol. The van der Waals surface area contributed by atoms with E-state index < -0.39 is 8.80 Å². The van der Waals surface area contributed by atoms with E-state index in [4.69, 9.17) is 32.2 Å². The van der Waals surface area contributed by atoms with Crippen LogP contribution in [0.3, 0.4) is 0 Å². The predicted molar refractivity (Wildman–Crippen MR) is 105 cm³/mol. The Hall–Kier alpha value is -1.33. The van der Waals surface area contributed by atoms with Gasteiger partial charge in [-0.05, 0) is 18.6 Å². The van der Waals surface area contributed by atoms with Gasteiger partial charge < -0.3 is 32.2 Å². The number of carbonyl (C=O) groups is 1. The van der Waals surface area contributed by atoms with Gasteiger partial charge in [0.05, 0.1) is 51.8 Å². The quantitative estimate of drug-likeness (QED) is 0.217. The van der Waals surface area contributed by atoms with Crippen LogP contribution in [0.15, 0.2) is 30.3 Å². The Bertz CT molecular complexity index is 487. The second-order valence-electron chi connectivity index (χ2n) is 5.81. The molecule has 0 fully saturated rings. The summed E-state index contributed by atoms with van der Waals surface area (Å²) in [7, 11) is 1.82. The van der Waals surface area contributed by atoms with E-state index in [2.05, 4.69) is 0 Å². The third kappa shape index (κ3) is 10.3. The molecule has 0 radical (unpaired) electrons. The second kappa shape index (κ2) is 15.6. The molecule has 1 aromatic rings. The van der Waals surface area contributed by atoms with Gasteiger partial charge in [-0.3, -0.25) is 0 Å². The highest BCUT2D eigenvalue weighted by Gasteiger charge is 2.41. The smallest absolute Gasteiger partial charge is 0.462 e. The molecule has 8 nitrogen and oxygen atoms in total. The molecular weight excluding hydrogens is 384 g/mol. The predicted octanol–water partition coefficient (Wildman–Crippen LogP) is 2.16. The van der Waals surface area contributed by atoms with Gasteiger partial charge in [-0.15, -0.1) is 0 Å². The summed E-state index contributed by atoms with van der Waals surface area (Å²) in [5, 5.41) is 0. The van der Waals surface area contributed by atoms with Crippen LogP contribution in [0.5, 0.6) is 0 Å². The molecule has 0 saturated heterocycles. The molecule has 0 atom stereocenters. The Morgan fingerprint density at radius 3 is 1.71 bits per heavy atom. The Labute approximate surface area is 168 Å². The summed E-state index contributed by atoms with van der Waals surface area (Å²) in [4.78, 5) is 12.0. The van der Waals surface area contributed by atoms with Crippen molar-refractivity contribution in [3.05, 3.63) is 35.9 Å². The van der Waals surface area contributed by atoms with Crippen LogP contribution in [0, 0.1) is 0 Å². The van der Waals surface area contributed by atoms with E-state index in [9.17, 15) is 4.79 Å². The van der Waals surface area contributed by atoms with Crippen LogP contribution < -0.4 is 0 Å². The topological polar surface area (TPSA) is 81.7 Å². The van der Waals surface area contributed by atoms with Gasteiger partial charge in [0, 0.05) is 27.4 Å². The summed E-state index contributed by atoms with van der Waals surface area (Å²) in [6.07, 6.45) is 0.553. The number of ether oxygens (including phenoxy) is 4. The molecule has 160 valence electrons. The molecule has 0 heterocycles. The minimum absolute atomic E-state index is 0.247. The van der Waals surface area contributed by atoms with Gasteiger partial charge in [0.1, 0.15) is 0 Å². The van der Waals surface area contributed by atoms with Crippen molar-refractivity contribution < 1.29 is 37.0 Å². The summed E-state index contributed by atoms with van der Waals surface area (Å²) in [6, 6.07) is 9.39. The SMILES string of the molecule is COCCO[Si](CCCOC(=O)c1ccccc1)(OCCOC)OCCOC. The summed E-state index contributed by atoms with van der Waals surface area (Å²) in [5.74, 6) is -0.353. The fourth-order valence-electron chi connectivity index (χ4n) is 2.29. The minimum atomic E-state index is -2.99. The van der Waals surface area contributed by atoms with E-state index in [1.165, 1.54) is 0 Å². The first-order chi connectivity index (χ1) is 13.7. The van der Waals surface area contributed by atoms with Crippen molar-refractivity contribution in [2.24, 2.45) is 0 Å². The van der Waals surface area contributed by atoms with Crippen LogP contribution in [-0.2, 0) is 32.2 Å². The Balaban J connectivity index is 2.59. The van der Waals surface area contributed by atoms with E-state index in [0.29, 0.717) is 57.7 Å². The zero-order valence-electron chi connectivity index (χ0n) is 17.0. The van der Waals surface area contributed by atoms with Gasteiger partial charge in [0.2, 0.25) is 0 Å². The molecular formula is C19H32O8Si. The van der Waals surface area contributed by atoms with Crippen molar-refractivity contribution in [3.63, 3.8) is 0 Å². The first-order valence-electron chi connectivity index (χ1n) is 9.28. The first kappa shape index (κ1) is 24.7. The van der Waals surface area contributed by atoms with Crippen LogP contribution in [0.4, 0.5) is 0 Å². The lowest BCUT2D eigenvalue weighted by Crippen LogP contribution is -2.48. The van der Waals surface area contributed by atoms with Crippen molar-refractivity contribution in [3.8, 4) is 0 Å². The Morgan fingerprint density at radius 2 is 1.25 bits per heavy atom. The van der Waals surface area contributed by atoms with E-state index >= 15 is 0 Å². The Morgan fingerprint density at radius 1 is 0.750 bits per heavy atom. The number of carbonyl (C=O) groups excluding carboxylic acids is 1. The molecule has 0 amide bonds. The highest BCUT2D eigenvalue weighted by Crippen LogP contribution is 2.19. The van der Waals surface area contributed by atoms with Gasteiger partial charge in [-0.25, -0.2) is 4.79 Å². The summed E-state index contributed by atoms with van der Waals surface area (Å²) >= 11 is 0. The summed E-state index contributed by atoms with van der Waals surface area (Å²) in [5.41, 5.74) is 0.523. The fraction of sp³-hybridized carbons (Fsp3) is 0.632. The minimum Gasteiger partial charge on any atom is -0.462 e. The van der Waals surface area contributed by atoms with Gasteiger partial charge in [0.15, 0.2) is 0 Å². The molecule has 0 N–H and O–H groups in total. The van der Waals surface area contributed by atoms with Gasteiger partial charge in [-0.2, -0.15) is 0 Å². The molecule has 9 heteroatoms. The highest BCUT2D eigenvalue weighted by molar-refractivity contribution is 6.60. The third-order valence-corrected chi connectivity index (χ3v) is 6.60. The van der Waals surface area contributed by atoms with Crippen molar-refractivity contribution in [1.82, 2.24) is 0 Å². The molecule has 0 aliphatic heterocycles. The van der Waals surface area contributed by atoms with E-state index in [1.54, 1.807) is 45.6 Å². The third-order valence-electron chi connectivity index (χ3n) is 3.70. The molecule has 0 saturated carbocycles. The van der Waals surface area contributed by atoms with E-state index in [0.717, 1.165) is 0 Å². The first-order valence-corrected chi connectivity index (χ1v) is 11.2. The van der Waals surface area contributed by atoms with Crippen molar-refractivity contribution in [2.45, 2.75) is 12.5 Å². The lowest BCUT2D eigenvalue weighted by atomic mass is 10.2. The maximum absolute atomic E-state index is 12.0. The Kier molecular flexibility index (Phi) is 13.7. The number of benzene rings is 1. The van der Waals surface area contributed by atoms with Crippen molar-refractivity contribution in [2.75, 3.05) is 67.6 Å². The second-order valence-corrected chi connectivity index (χ2v) is 8.54. The molecule has 0 bridgehead atoms. The van der Waals surface area contributed by atoms with Crippen molar-refractivity contribution >= 4 is 14.8 Å². The van der Waals surface area contributed by atoms with Crippen molar-refractivity contribution in [1.29, 1.82) is 0 Å². The molecule has 0 aliphatic rings. The number of rotatable bonds is 17. The van der Waals surface area contributed by atoms with E-state index in [1.807, 2.05) is 6.07 Å². The van der Waals surface area contributed by atoms with Crippen LogP contribution in [-0.4, -0.2) is 82.4 Å². The molecule has 0 aliphatic carbocycles. The van der Waals surface area contributed by atoms with Crippen LogP contribution in [0.1, 0.15) is 16.8 Å².